The fourth-order valence-corrected chi connectivity index (χ4v) is 4.32. The van der Waals surface area contributed by atoms with Crippen LogP contribution in [0.5, 0.6) is 0 Å². The highest BCUT2D eigenvalue weighted by molar-refractivity contribution is 4.99. The van der Waals surface area contributed by atoms with Crippen molar-refractivity contribution in [2.45, 2.75) is 106 Å². The first-order valence-electron chi connectivity index (χ1n) is 9.52. The minimum absolute atomic E-state index is 0.0164. The third-order valence-corrected chi connectivity index (χ3v) is 5.07. The van der Waals surface area contributed by atoms with Gasteiger partial charge in [0.05, 0.1) is 5.41 Å². The van der Waals surface area contributed by atoms with E-state index in [2.05, 4.69) is 39.5 Å². The van der Waals surface area contributed by atoms with Gasteiger partial charge < -0.3 is 5.11 Å². The molecule has 0 unspecified atom stereocenters. The number of nitrogens with zero attached hydrogens (tertiary/aromatic N) is 1. The maximum Gasteiger partial charge on any atom is 0.394 e. The van der Waals surface area contributed by atoms with Crippen LogP contribution in [0.25, 0.3) is 0 Å². The first kappa shape index (κ1) is 25.7. The van der Waals surface area contributed by atoms with Crippen LogP contribution < -0.4 is 0 Å². The topological polar surface area (TPSA) is 23.5 Å². The monoisotopic (exact) mass is 381 g/mol. The smallest absolute Gasteiger partial charge is 0.394 e. The lowest BCUT2D eigenvalue weighted by Crippen LogP contribution is -2.61. The Bertz CT molecular complexity index is 457. The molecule has 0 saturated carbocycles. The van der Waals surface area contributed by atoms with Crippen LogP contribution >= 0.6 is 0 Å². The summed E-state index contributed by atoms with van der Waals surface area (Å²) < 4.78 is 40.6. The number of halogens is 3. The van der Waals surface area contributed by atoms with Gasteiger partial charge in [-0.15, -0.1) is 0 Å². The van der Waals surface area contributed by atoms with Crippen LogP contribution in [0, 0.1) is 16.2 Å². The lowest BCUT2D eigenvalue weighted by molar-refractivity contribution is -0.225. The Morgan fingerprint density at radius 1 is 0.692 bits per heavy atom. The van der Waals surface area contributed by atoms with Gasteiger partial charge in [-0.2, -0.15) is 13.2 Å². The van der Waals surface area contributed by atoms with Crippen molar-refractivity contribution in [2.75, 3.05) is 13.2 Å². The highest BCUT2D eigenvalue weighted by Gasteiger charge is 2.52. The molecule has 158 valence electrons. The SMILES string of the molecule is CC(C)(C)CN(C(C)(C)CC(C)(C)CO)C(C)(C)CC(C)(C)C(F)(F)F. The van der Waals surface area contributed by atoms with Crippen LogP contribution in [0.1, 0.15) is 89.0 Å². The quantitative estimate of drug-likeness (QED) is 0.535. The van der Waals surface area contributed by atoms with Crippen LogP contribution in [-0.4, -0.2) is 40.4 Å². The fourth-order valence-electron chi connectivity index (χ4n) is 4.32. The molecule has 1 N–H and O–H groups in total. The molecule has 0 aliphatic rings. The Kier molecular flexibility index (Phi) is 7.53. The van der Waals surface area contributed by atoms with E-state index in [4.69, 9.17) is 0 Å². The van der Waals surface area contributed by atoms with Gasteiger partial charge in [-0.05, 0) is 51.4 Å². The minimum atomic E-state index is -4.24. The Labute approximate surface area is 159 Å². The average Bonchev–Trinajstić information content (AvgIpc) is 2.30. The molecule has 0 spiro atoms. The highest BCUT2D eigenvalue weighted by atomic mass is 19.4. The molecule has 0 rings (SSSR count). The third kappa shape index (κ3) is 7.38. The predicted octanol–water partition coefficient (Wildman–Crippen LogP) is 6.28. The first-order chi connectivity index (χ1) is 11.1. The van der Waals surface area contributed by atoms with E-state index in [0.717, 1.165) is 0 Å². The summed E-state index contributed by atoms with van der Waals surface area (Å²) in [6.07, 6.45) is -3.53. The molecule has 0 fully saturated rings. The van der Waals surface area contributed by atoms with Crippen molar-refractivity contribution in [3.05, 3.63) is 0 Å². The van der Waals surface area contributed by atoms with E-state index < -0.39 is 17.1 Å². The van der Waals surface area contributed by atoms with Crippen LogP contribution in [0.4, 0.5) is 13.2 Å². The number of hydrogen-bond donors (Lipinski definition) is 1. The predicted molar refractivity (Wildman–Crippen MR) is 104 cm³/mol. The van der Waals surface area contributed by atoms with E-state index in [-0.39, 0.29) is 29.4 Å². The molecule has 0 aromatic carbocycles. The van der Waals surface area contributed by atoms with Gasteiger partial charge in [0.2, 0.25) is 0 Å². The number of hydrogen-bond acceptors (Lipinski definition) is 2. The number of aliphatic hydroxyl groups excluding tert-OH is 1. The van der Waals surface area contributed by atoms with Crippen molar-refractivity contribution >= 4 is 0 Å². The second kappa shape index (κ2) is 7.62. The van der Waals surface area contributed by atoms with Crippen molar-refractivity contribution < 1.29 is 18.3 Å². The Morgan fingerprint density at radius 3 is 1.38 bits per heavy atom. The zero-order chi connectivity index (χ0) is 21.4. The Hall–Kier alpha value is -0.290. The lowest BCUT2D eigenvalue weighted by atomic mass is 9.73. The van der Waals surface area contributed by atoms with Gasteiger partial charge in [0.15, 0.2) is 0 Å². The van der Waals surface area contributed by atoms with Gasteiger partial charge in [0, 0.05) is 24.2 Å². The normalized spacial score (nSPS) is 15.7. The fraction of sp³-hybridized carbons (Fsp3) is 1.00. The summed E-state index contributed by atoms with van der Waals surface area (Å²) in [5, 5.41) is 9.70. The van der Waals surface area contributed by atoms with Crippen molar-refractivity contribution in [3.8, 4) is 0 Å². The molecule has 0 aliphatic heterocycles. The molecule has 0 amide bonds. The Balaban J connectivity index is 5.95. The molecule has 0 heterocycles. The van der Waals surface area contributed by atoms with Gasteiger partial charge in [0.1, 0.15) is 0 Å². The zero-order valence-electron chi connectivity index (χ0n) is 18.9. The van der Waals surface area contributed by atoms with Crippen LogP contribution in [0.2, 0.25) is 0 Å². The summed E-state index contributed by atoms with van der Waals surface area (Å²) in [6.45, 7) is 21.6. The van der Waals surface area contributed by atoms with Crippen molar-refractivity contribution in [3.63, 3.8) is 0 Å². The molecule has 0 saturated heterocycles. The summed E-state index contributed by atoms with van der Waals surface area (Å²) >= 11 is 0. The van der Waals surface area contributed by atoms with Gasteiger partial charge in [-0.3, -0.25) is 4.90 Å². The lowest BCUT2D eigenvalue weighted by Gasteiger charge is -2.55. The molecule has 0 bridgehead atoms. The maximum absolute atomic E-state index is 13.5. The van der Waals surface area contributed by atoms with E-state index in [1.165, 1.54) is 13.8 Å². The molecule has 0 radical (unpaired) electrons. The van der Waals surface area contributed by atoms with Gasteiger partial charge in [0.25, 0.3) is 0 Å². The molecular weight excluding hydrogens is 339 g/mol. The summed E-state index contributed by atoms with van der Waals surface area (Å²) in [6, 6.07) is 0. The highest BCUT2D eigenvalue weighted by Crippen LogP contribution is 2.47. The maximum atomic E-state index is 13.5. The van der Waals surface area contributed by atoms with Gasteiger partial charge in [-0.25, -0.2) is 0 Å². The summed E-state index contributed by atoms with van der Waals surface area (Å²) in [5.41, 5.74) is -3.13. The molecule has 0 aromatic rings. The van der Waals surface area contributed by atoms with E-state index >= 15 is 0 Å². The van der Waals surface area contributed by atoms with E-state index in [9.17, 15) is 18.3 Å². The van der Waals surface area contributed by atoms with Crippen LogP contribution in [0.15, 0.2) is 0 Å². The second-order valence-electron chi connectivity index (χ2n) is 11.8. The molecule has 26 heavy (non-hydrogen) atoms. The molecule has 2 nitrogen and oxygen atoms in total. The average molecular weight is 382 g/mol. The molecular formula is C21H42F3NO. The van der Waals surface area contributed by atoms with Crippen LogP contribution in [0.3, 0.4) is 0 Å². The molecule has 0 aliphatic carbocycles. The van der Waals surface area contributed by atoms with Crippen molar-refractivity contribution in [1.29, 1.82) is 0 Å². The molecule has 0 aromatic heterocycles. The van der Waals surface area contributed by atoms with E-state index in [0.29, 0.717) is 13.0 Å². The van der Waals surface area contributed by atoms with E-state index in [1.54, 1.807) is 0 Å². The van der Waals surface area contributed by atoms with Crippen molar-refractivity contribution in [1.82, 2.24) is 4.90 Å². The number of alkyl halides is 3. The Morgan fingerprint density at radius 2 is 1.08 bits per heavy atom. The van der Waals surface area contributed by atoms with Crippen LogP contribution in [-0.2, 0) is 0 Å². The summed E-state index contributed by atoms with van der Waals surface area (Å²) in [7, 11) is 0. The van der Waals surface area contributed by atoms with Gasteiger partial charge >= 0.3 is 6.18 Å². The summed E-state index contributed by atoms with van der Waals surface area (Å²) in [4.78, 5) is 2.23. The van der Waals surface area contributed by atoms with E-state index in [1.807, 2.05) is 27.7 Å². The summed E-state index contributed by atoms with van der Waals surface area (Å²) in [5.74, 6) is 0. The number of aliphatic hydroxyl groups is 1. The zero-order valence-corrected chi connectivity index (χ0v) is 18.9. The first-order valence-corrected chi connectivity index (χ1v) is 9.52. The second-order valence-corrected chi connectivity index (χ2v) is 11.8. The standard InChI is InChI=1S/C21H42F3NO/c1-16(2,3)14-25(19(8,9)12-17(4,5)15-26)20(10,11)13-18(6,7)21(22,23)24/h26H,12-15H2,1-11H3. The molecule has 5 heteroatoms. The molecule has 0 atom stereocenters. The third-order valence-electron chi connectivity index (χ3n) is 5.07. The minimum Gasteiger partial charge on any atom is -0.396 e. The van der Waals surface area contributed by atoms with Gasteiger partial charge in [-0.1, -0.05) is 48.5 Å². The van der Waals surface area contributed by atoms with Crippen molar-refractivity contribution in [2.24, 2.45) is 16.2 Å². The largest absolute Gasteiger partial charge is 0.396 e. The number of rotatable bonds is 8.